The highest BCUT2D eigenvalue weighted by Gasteiger charge is 2.16. The third-order valence-electron chi connectivity index (χ3n) is 4.61. The quantitative estimate of drug-likeness (QED) is 0.870. The van der Waals surface area contributed by atoms with E-state index in [1.807, 2.05) is 12.1 Å². The zero-order chi connectivity index (χ0) is 16.9. The third-order valence-corrected chi connectivity index (χ3v) is 4.61. The van der Waals surface area contributed by atoms with Gasteiger partial charge in [-0.15, -0.1) is 0 Å². The average molecular weight is 323 g/mol. The number of anilines is 2. The van der Waals surface area contributed by atoms with Gasteiger partial charge in [-0.25, -0.2) is 4.98 Å². The van der Waals surface area contributed by atoms with Gasteiger partial charge < -0.3 is 10.6 Å². The molecule has 0 aliphatic heterocycles. The molecule has 1 heterocycles. The van der Waals surface area contributed by atoms with Crippen molar-refractivity contribution >= 4 is 17.4 Å². The molecule has 1 saturated carbocycles. The van der Waals surface area contributed by atoms with Crippen molar-refractivity contribution in [2.24, 2.45) is 0 Å². The molecule has 1 aromatic heterocycles. The minimum Gasteiger partial charge on any atom is -0.349 e. The highest BCUT2D eigenvalue weighted by Crippen LogP contribution is 2.21. The maximum atomic E-state index is 12.3. The number of nitrogens with zero attached hydrogens (tertiary/aromatic N) is 1. The lowest BCUT2D eigenvalue weighted by atomic mass is 9.95. The summed E-state index contributed by atoms with van der Waals surface area (Å²) in [5.41, 5.74) is 4.07. The van der Waals surface area contributed by atoms with Crippen LogP contribution in [0.1, 0.15) is 53.6 Å². The van der Waals surface area contributed by atoms with Crippen LogP contribution in [0.4, 0.5) is 11.5 Å². The van der Waals surface area contributed by atoms with Crippen LogP contribution in [0.15, 0.2) is 36.5 Å². The van der Waals surface area contributed by atoms with Gasteiger partial charge in [0.05, 0.1) is 5.56 Å². The molecule has 126 valence electrons. The van der Waals surface area contributed by atoms with Gasteiger partial charge in [-0.1, -0.05) is 37.0 Å². The molecule has 1 aliphatic carbocycles. The third kappa shape index (κ3) is 4.13. The van der Waals surface area contributed by atoms with Crippen LogP contribution in [0.2, 0.25) is 0 Å². The minimum atomic E-state index is -0.0209. The highest BCUT2D eigenvalue weighted by atomic mass is 16.1. The van der Waals surface area contributed by atoms with Gasteiger partial charge >= 0.3 is 0 Å². The lowest BCUT2D eigenvalue weighted by Gasteiger charge is -2.22. The van der Waals surface area contributed by atoms with Crippen molar-refractivity contribution in [1.82, 2.24) is 10.3 Å². The Balaban J connectivity index is 1.63. The van der Waals surface area contributed by atoms with Crippen molar-refractivity contribution < 1.29 is 4.79 Å². The number of hydrogen-bond acceptors (Lipinski definition) is 3. The topological polar surface area (TPSA) is 54.0 Å². The Morgan fingerprint density at radius 3 is 2.54 bits per heavy atom. The molecule has 0 radical (unpaired) electrons. The summed E-state index contributed by atoms with van der Waals surface area (Å²) in [6.45, 7) is 4.15. The molecular formula is C20H25N3O. The van der Waals surface area contributed by atoms with E-state index in [0.717, 1.165) is 24.3 Å². The summed E-state index contributed by atoms with van der Waals surface area (Å²) >= 11 is 0. The molecule has 1 fully saturated rings. The fourth-order valence-corrected chi connectivity index (χ4v) is 3.21. The van der Waals surface area contributed by atoms with Crippen LogP contribution in [0.5, 0.6) is 0 Å². The zero-order valence-corrected chi connectivity index (χ0v) is 14.4. The molecule has 2 aromatic rings. The second-order valence-corrected chi connectivity index (χ2v) is 6.68. The fraction of sp³-hybridized carbons (Fsp3) is 0.400. The van der Waals surface area contributed by atoms with Crippen LogP contribution in [-0.2, 0) is 0 Å². The molecule has 3 rings (SSSR count). The van der Waals surface area contributed by atoms with Crippen LogP contribution in [0.25, 0.3) is 0 Å². The first-order valence-electron chi connectivity index (χ1n) is 8.73. The van der Waals surface area contributed by atoms with Crippen LogP contribution in [-0.4, -0.2) is 16.9 Å². The van der Waals surface area contributed by atoms with Crippen molar-refractivity contribution in [1.29, 1.82) is 0 Å². The number of benzene rings is 1. The Labute approximate surface area is 143 Å². The number of aromatic nitrogens is 1. The Kier molecular flexibility index (Phi) is 5.14. The molecule has 0 spiro atoms. The molecule has 24 heavy (non-hydrogen) atoms. The Morgan fingerprint density at radius 1 is 1.08 bits per heavy atom. The van der Waals surface area contributed by atoms with Crippen molar-refractivity contribution in [3.63, 3.8) is 0 Å². The van der Waals surface area contributed by atoms with E-state index in [2.05, 4.69) is 47.7 Å². The number of pyridine rings is 1. The largest absolute Gasteiger partial charge is 0.349 e. The van der Waals surface area contributed by atoms with Crippen molar-refractivity contribution in [3.8, 4) is 0 Å². The molecule has 1 amide bonds. The highest BCUT2D eigenvalue weighted by molar-refractivity contribution is 5.94. The number of aryl methyl sites for hydroxylation is 2. The van der Waals surface area contributed by atoms with Gasteiger partial charge in [0.2, 0.25) is 0 Å². The SMILES string of the molecule is Cc1ccc(Nc2ccc(C(=O)NC3CCCCC3)cn2)c(C)c1. The van der Waals surface area contributed by atoms with Crippen molar-refractivity contribution in [2.75, 3.05) is 5.32 Å². The maximum absolute atomic E-state index is 12.3. The lowest BCUT2D eigenvalue weighted by Crippen LogP contribution is -2.36. The summed E-state index contributed by atoms with van der Waals surface area (Å²) in [5, 5.41) is 6.42. The van der Waals surface area contributed by atoms with E-state index in [1.54, 1.807) is 6.20 Å². The van der Waals surface area contributed by atoms with Gasteiger partial charge in [0.15, 0.2) is 0 Å². The first kappa shape index (κ1) is 16.5. The number of rotatable bonds is 4. The summed E-state index contributed by atoms with van der Waals surface area (Å²) in [7, 11) is 0. The van der Waals surface area contributed by atoms with Gasteiger partial charge in [0.1, 0.15) is 5.82 Å². The molecule has 0 atom stereocenters. The van der Waals surface area contributed by atoms with Gasteiger partial charge in [-0.2, -0.15) is 0 Å². The first-order valence-corrected chi connectivity index (χ1v) is 8.73. The molecule has 0 bridgehead atoms. The number of hydrogen-bond donors (Lipinski definition) is 2. The molecule has 1 aromatic carbocycles. The van der Waals surface area contributed by atoms with Crippen LogP contribution < -0.4 is 10.6 Å². The van der Waals surface area contributed by atoms with E-state index in [1.165, 1.54) is 30.4 Å². The summed E-state index contributed by atoms with van der Waals surface area (Å²) < 4.78 is 0. The second kappa shape index (κ2) is 7.47. The van der Waals surface area contributed by atoms with Crippen LogP contribution >= 0.6 is 0 Å². The van der Waals surface area contributed by atoms with E-state index in [-0.39, 0.29) is 5.91 Å². The smallest absolute Gasteiger partial charge is 0.253 e. The molecule has 1 aliphatic rings. The van der Waals surface area contributed by atoms with Gasteiger partial charge in [-0.05, 0) is 50.5 Å². The molecule has 0 unspecified atom stereocenters. The number of carbonyl (C=O) groups excluding carboxylic acids is 1. The molecule has 0 saturated heterocycles. The van der Waals surface area contributed by atoms with Gasteiger partial charge in [-0.3, -0.25) is 4.79 Å². The van der Waals surface area contributed by atoms with E-state index in [4.69, 9.17) is 0 Å². The fourth-order valence-electron chi connectivity index (χ4n) is 3.21. The van der Waals surface area contributed by atoms with Crippen LogP contribution in [0.3, 0.4) is 0 Å². The Bertz CT molecular complexity index is 703. The van der Waals surface area contributed by atoms with Crippen molar-refractivity contribution in [2.45, 2.75) is 52.0 Å². The molecule has 2 N–H and O–H groups in total. The molecule has 4 nitrogen and oxygen atoms in total. The molecular weight excluding hydrogens is 298 g/mol. The number of carbonyl (C=O) groups is 1. The van der Waals surface area contributed by atoms with Gasteiger partial charge in [0.25, 0.3) is 5.91 Å². The van der Waals surface area contributed by atoms with Crippen molar-refractivity contribution in [3.05, 3.63) is 53.2 Å². The summed E-state index contributed by atoms with van der Waals surface area (Å²) in [4.78, 5) is 16.7. The predicted molar refractivity (Wildman–Crippen MR) is 97.8 cm³/mol. The Hall–Kier alpha value is -2.36. The normalized spacial score (nSPS) is 15.1. The summed E-state index contributed by atoms with van der Waals surface area (Å²) in [6.07, 6.45) is 7.53. The second-order valence-electron chi connectivity index (χ2n) is 6.68. The Morgan fingerprint density at radius 2 is 1.88 bits per heavy atom. The van der Waals surface area contributed by atoms with E-state index in [9.17, 15) is 4.79 Å². The predicted octanol–water partition coefficient (Wildman–Crippen LogP) is 4.50. The standard InChI is InChI=1S/C20H25N3O/c1-14-8-10-18(15(2)12-14)23-19-11-9-16(13-21-19)20(24)22-17-6-4-3-5-7-17/h8-13,17H,3-7H2,1-2H3,(H,21,23)(H,22,24). The van der Waals surface area contributed by atoms with Crippen LogP contribution in [0, 0.1) is 13.8 Å². The van der Waals surface area contributed by atoms with E-state index >= 15 is 0 Å². The van der Waals surface area contributed by atoms with E-state index in [0.29, 0.717) is 11.6 Å². The summed E-state index contributed by atoms with van der Waals surface area (Å²) in [5.74, 6) is 0.726. The number of amides is 1. The minimum absolute atomic E-state index is 0.0209. The molecule has 4 heteroatoms. The first-order chi connectivity index (χ1) is 11.6. The zero-order valence-electron chi connectivity index (χ0n) is 14.4. The number of nitrogens with one attached hydrogen (secondary N) is 2. The lowest BCUT2D eigenvalue weighted by molar-refractivity contribution is 0.0927. The monoisotopic (exact) mass is 323 g/mol. The van der Waals surface area contributed by atoms with E-state index < -0.39 is 0 Å². The summed E-state index contributed by atoms with van der Waals surface area (Å²) in [6, 6.07) is 10.3. The van der Waals surface area contributed by atoms with Gasteiger partial charge in [0, 0.05) is 17.9 Å². The maximum Gasteiger partial charge on any atom is 0.253 e. The average Bonchev–Trinajstić information content (AvgIpc) is 2.59.